The smallest absolute Gasteiger partial charge is 0.239 e. The van der Waals surface area contributed by atoms with Crippen LogP contribution < -0.4 is 5.73 Å². The fraction of sp³-hybridized carbons (Fsp3) is 0.909. The molecule has 1 amide bonds. The van der Waals surface area contributed by atoms with Crippen molar-refractivity contribution in [1.82, 2.24) is 9.80 Å². The van der Waals surface area contributed by atoms with Crippen LogP contribution in [0.15, 0.2) is 0 Å². The first-order valence-corrected chi connectivity index (χ1v) is 5.93. The van der Waals surface area contributed by atoms with Gasteiger partial charge in [0.15, 0.2) is 0 Å². The lowest BCUT2D eigenvalue weighted by atomic mass is 10.1. The molecule has 2 fully saturated rings. The van der Waals surface area contributed by atoms with Gasteiger partial charge in [-0.05, 0) is 32.7 Å². The summed E-state index contributed by atoms with van der Waals surface area (Å²) in [6.07, 6.45) is 4.56. The standard InChI is InChI=1S/C11H21N3O/c1-13(9-4-5-9)7-8-14-6-2-3-10(12)11(14)15/h9-10H,2-8,12H2,1H3. The first-order chi connectivity index (χ1) is 7.18. The SMILES string of the molecule is CN(CCN1CCCC(N)C1=O)C1CC1. The fourth-order valence-electron chi connectivity index (χ4n) is 2.17. The minimum absolute atomic E-state index is 0.144. The largest absolute Gasteiger partial charge is 0.340 e. The molecule has 1 saturated carbocycles. The number of likely N-dealkylation sites (tertiary alicyclic amines) is 1. The van der Waals surface area contributed by atoms with E-state index in [4.69, 9.17) is 5.73 Å². The molecule has 86 valence electrons. The van der Waals surface area contributed by atoms with Gasteiger partial charge in [0.1, 0.15) is 0 Å². The molecule has 0 radical (unpaired) electrons. The van der Waals surface area contributed by atoms with Crippen molar-refractivity contribution in [2.24, 2.45) is 5.73 Å². The van der Waals surface area contributed by atoms with E-state index in [0.717, 1.165) is 38.5 Å². The molecule has 0 spiro atoms. The zero-order valence-corrected chi connectivity index (χ0v) is 9.48. The van der Waals surface area contributed by atoms with E-state index in [0.29, 0.717) is 0 Å². The molecule has 1 atom stereocenters. The molecule has 1 aliphatic heterocycles. The lowest BCUT2D eigenvalue weighted by Gasteiger charge is -2.31. The molecule has 4 nitrogen and oxygen atoms in total. The maximum Gasteiger partial charge on any atom is 0.239 e. The molecule has 1 unspecified atom stereocenters. The van der Waals surface area contributed by atoms with Crippen LogP contribution in [0.1, 0.15) is 25.7 Å². The summed E-state index contributed by atoms with van der Waals surface area (Å²) in [6.45, 7) is 2.73. The maximum absolute atomic E-state index is 11.7. The normalized spacial score (nSPS) is 27.5. The number of nitrogens with zero attached hydrogens (tertiary/aromatic N) is 2. The summed E-state index contributed by atoms with van der Waals surface area (Å²) in [4.78, 5) is 16.0. The number of carbonyl (C=O) groups is 1. The molecule has 2 N–H and O–H groups in total. The number of likely N-dealkylation sites (N-methyl/N-ethyl adjacent to an activating group) is 1. The molecule has 4 heteroatoms. The van der Waals surface area contributed by atoms with Gasteiger partial charge < -0.3 is 15.5 Å². The Labute approximate surface area is 91.4 Å². The van der Waals surface area contributed by atoms with Gasteiger partial charge in [0.05, 0.1) is 6.04 Å². The van der Waals surface area contributed by atoms with Gasteiger partial charge in [-0.25, -0.2) is 0 Å². The van der Waals surface area contributed by atoms with E-state index in [2.05, 4.69) is 11.9 Å². The van der Waals surface area contributed by atoms with Crippen molar-refractivity contribution in [2.45, 2.75) is 37.8 Å². The molecule has 0 aromatic carbocycles. The fourth-order valence-corrected chi connectivity index (χ4v) is 2.17. The Balaban J connectivity index is 1.75. The van der Waals surface area contributed by atoms with Crippen LogP contribution in [0.3, 0.4) is 0 Å². The first-order valence-electron chi connectivity index (χ1n) is 5.93. The average Bonchev–Trinajstić information content (AvgIpc) is 3.03. The monoisotopic (exact) mass is 211 g/mol. The van der Waals surface area contributed by atoms with Gasteiger partial charge >= 0.3 is 0 Å². The Morgan fingerprint density at radius 1 is 1.47 bits per heavy atom. The van der Waals surface area contributed by atoms with Gasteiger partial charge in [-0.1, -0.05) is 0 Å². The van der Waals surface area contributed by atoms with Gasteiger partial charge in [-0.2, -0.15) is 0 Å². The lowest BCUT2D eigenvalue weighted by Crippen LogP contribution is -2.50. The molecule has 2 aliphatic rings. The van der Waals surface area contributed by atoms with E-state index in [1.165, 1.54) is 12.8 Å². The highest BCUT2D eigenvalue weighted by molar-refractivity contribution is 5.82. The topological polar surface area (TPSA) is 49.6 Å². The Kier molecular flexibility index (Phi) is 3.26. The predicted octanol–water partition coefficient (Wildman–Crippen LogP) is 0.0303. The second-order valence-electron chi connectivity index (χ2n) is 4.79. The van der Waals surface area contributed by atoms with Crippen LogP contribution >= 0.6 is 0 Å². The van der Waals surface area contributed by atoms with E-state index in [9.17, 15) is 4.79 Å². The Morgan fingerprint density at radius 3 is 2.87 bits per heavy atom. The Hall–Kier alpha value is -0.610. The van der Waals surface area contributed by atoms with Crippen LogP contribution in [-0.2, 0) is 4.79 Å². The van der Waals surface area contributed by atoms with Gasteiger partial charge in [-0.15, -0.1) is 0 Å². The quantitative estimate of drug-likeness (QED) is 0.714. The number of carbonyl (C=O) groups excluding carboxylic acids is 1. The van der Waals surface area contributed by atoms with Crippen molar-refractivity contribution in [1.29, 1.82) is 0 Å². The van der Waals surface area contributed by atoms with Crippen molar-refractivity contribution in [3.8, 4) is 0 Å². The van der Waals surface area contributed by atoms with E-state index in [-0.39, 0.29) is 11.9 Å². The molecule has 0 aromatic heterocycles. The third kappa shape index (κ3) is 2.69. The highest BCUT2D eigenvalue weighted by atomic mass is 16.2. The highest BCUT2D eigenvalue weighted by Crippen LogP contribution is 2.25. The van der Waals surface area contributed by atoms with Gasteiger partial charge in [0.25, 0.3) is 0 Å². The second kappa shape index (κ2) is 4.49. The molecule has 15 heavy (non-hydrogen) atoms. The molecule has 1 aliphatic carbocycles. The molecule has 1 heterocycles. The summed E-state index contributed by atoms with van der Waals surface area (Å²) in [7, 11) is 2.14. The predicted molar refractivity (Wildman–Crippen MR) is 59.4 cm³/mol. The second-order valence-corrected chi connectivity index (χ2v) is 4.79. The average molecular weight is 211 g/mol. The van der Waals surface area contributed by atoms with Crippen LogP contribution in [0.2, 0.25) is 0 Å². The number of hydrogen-bond acceptors (Lipinski definition) is 3. The van der Waals surface area contributed by atoms with Gasteiger partial charge in [0.2, 0.25) is 5.91 Å². The lowest BCUT2D eigenvalue weighted by molar-refractivity contribution is -0.135. The van der Waals surface area contributed by atoms with Crippen LogP contribution in [0.4, 0.5) is 0 Å². The summed E-state index contributed by atoms with van der Waals surface area (Å²) in [5.74, 6) is 0.144. The van der Waals surface area contributed by atoms with Gasteiger partial charge in [0, 0.05) is 25.7 Å². The zero-order valence-electron chi connectivity index (χ0n) is 9.48. The van der Waals surface area contributed by atoms with Crippen LogP contribution in [0.5, 0.6) is 0 Å². The van der Waals surface area contributed by atoms with Crippen LogP contribution in [0, 0.1) is 0 Å². The van der Waals surface area contributed by atoms with Crippen LogP contribution in [0.25, 0.3) is 0 Å². The third-order valence-electron chi connectivity index (χ3n) is 3.46. The number of hydrogen-bond donors (Lipinski definition) is 1. The third-order valence-corrected chi connectivity index (χ3v) is 3.46. The van der Waals surface area contributed by atoms with Crippen molar-refractivity contribution < 1.29 is 4.79 Å². The summed E-state index contributed by atoms with van der Waals surface area (Å²) >= 11 is 0. The summed E-state index contributed by atoms with van der Waals surface area (Å²) in [5, 5.41) is 0. The minimum Gasteiger partial charge on any atom is -0.340 e. The molecular formula is C11H21N3O. The Morgan fingerprint density at radius 2 is 2.20 bits per heavy atom. The molecule has 0 bridgehead atoms. The van der Waals surface area contributed by atoms with Crippen molar-refractivity contribution in [3.05, 3.63) is 0 Å². The number of nitrogens with two attached hydrogens (primary N) is 1. The van der Waals surface area contributed by atoms with Crippen molar-refractivity contribution >= 4 is 5.91 Å². The molecule has 2 rings (SSSR count). The number of amides is 1. The summed E-state index contributed by atoms with van der Waals surface area (Å²) < 4.78 is 0. The minimum atomic E-state index is -0.245. The van der Waals surface area contributed by atoms with E-state index < -0.39 is 0 Å². The highest BCUT2D eigenvalue weighted by Gasteiger charge is 2.28. The van der Waals surface area contributed by atoms with Crippen molar-refractivity contribution in [2.75, 3.05) is 26.7 Å². The maximum atomic E-state index is 11.7. The Bertz CT molecular complexity index is 240. The van der Waals surface area contributed by atoms with E-state index in [1.807, 2.05) is 4.90 Å². The zero-order chi connectivity index (χ0) is 10.8. The summed E-state index contributed by atoms with van der Waals surface area (Å²) in [5.41, 5.74) is 5.74. The van der Waals surface area contributed by atoms with E-state index in [1.54, 1.807) is 0 Å². The van der Waals surface area contributed by atoms with E-state index >= 15 is 0 Å². The van der Waals surface area contributed by atoms with Gasteiger partial charge in [-0.3, -0.25) is 4.79 Å². The molecule has 1 saturated heterocycles. The first kappa shape index (κ1) is 10.9. The van der Waals surface area contributed by atoms with Crippen molar-refractivity contribution in [3.63, 3.8) is 0 Å². The molecular weight excluding hydrogens is 190 g/mol. The van der Waals surface area contributed by atoms with Crippen LogP contribution in [-0.4, -0.2) is 54.5 Å². The summed E-state index contributed by atoms with van der Waals surface area (Å²) in [6, 6.07) is 0.531. The molecule has 0 aromatic rings. The number of rotatable bonds is 4. The number of piperidine rings is 1.